The van der Waals surface area contributed by atoms with Crippen molar-refractivity contribution < 1.29 is 14.6 Å². The van der Waals surface area contributed by atoms with Crippen LogP contribution in [0.25, 0.3) is 6.08 Å². The number of phenols is 1. The molecule has 2 aromatic rings. The van der Waals surface area contributed by atoms with Crippen molar-refractivity contribution in [3.05, 3.63) is 76.9 Å². The van der Waals surface area contributed by atoms with Crippen molar-refractivity contribution in [1.29, 1.82) is 0 Å². The SMILES string of the molecule is CC(C)=CCOc1ccc(C(=O)C=Cc2ccc(C)cc2)c(O)c1. The number of ketones is 1. The van der Waals surface area contributed by atoms with E-state index in [1.54, 1.807) is 18.2 Å². The molecule has 0 aliphatic rings. The third-order valence-corrected chi connectivity index (χ3v) is 3.48. The molecule has 3 nitrogen and oxygen atoms in total. The first kappa shape index (κ1) is 17.5. The zero-order valence-electron chi connectivity index (χ0n) is 14.2. The fraction of sp³-hybridized carbons (Fsp3) is 0.190. The van der Waals surface area contributed by atoms with Gasteiger partial charge in [0.1, 0.15) is 18.1 Å². The van der Waals surface area contributed by atoms with Gasteiger partial charge in [0.2, 0.25) is 0 Å². The fourth-order valence-electron chi connectivity index (χ4n) is 2.05. The highest BCUT2D eigenvalue weighted by atomic mass is 16.5. The molecule has 24 heavy (non-hydrogen) atoms. The predicted octanol–water partition coefficient (Wildman–Crippen LogP) is 4.94. The molecule has 0 radical (unpaired) electrons. The number of aryl methyl sites for hydroxylation is 1. The summed E-state index contributed by atoms with van der Waals surface area (Å²) in [6.07, 6.45) is 5.14. The van der Waals surface area contributed by atoms with Gasteiger partial charge in [-0.25, -0.2) is 0 Å². The number of carbonyl (C=O) groups excluding carboxylic acids is 1. The fourth-order valence-corrected chi connectivity index (χ4v) is 2.05. The minimum atomic E-state index is -0.246. The minimum absolute atomic E-state index is 0.0803. The summed E-state index contributed by atoms with van der Waals surface area (Å²) in [4.78, 5) is 12.2. The van der Waals surface area contributed by atoms with Crippen LogP contribution in [0.3, 0.4) is 0 Å². The van der Waals surface area contributed by atoms with Crippen LogP contribution in [-0.4, -0.2) is 17.5 Å². The first-order valence-corrected chi connectivity index (χ1v) is 7.84. The number of hydrogen-bond donors (Lipinski definition) is 1. The number of rotatable bonds is 6. The van der Waals surface area contributed by atoms with Gasteiger partial charge >= 0.3 is 0 Å². The number of hydrogen-bond acceptors (Lipinski definition) is 3. The monoisotopic (exact) mass is 322 g/mol. The van der Waals surface area contributed by atoms with Crippen LogP contribution in [0.1, 0.15) is 35.3 Å². The molecule has 3 heteroatoms. The molecule has 0 saturated carbocycles. The van der Waals surface area contributed by atoms with Crippen molar-refractivity contribution in [1.82, 2.24) is 0 Å². The third-order valence-electron chi connectivity index (χ3n) is 3.48. The van der Waals surface area contributed by atoms with Gasteiger partial charge in [-0.05, 0) is 50.6 Å². The largest absolute Gasteiger partial charge is 0.507 e. The van der Waals surface area contributed by atoms with Crippen LogP contribution in [0.5, 0.6) is 11.5 Å². The lowest BCUT2D eigenvalue weighted by atomic mass is 10.1. The van der Waals surface area contributed by atoms with Crippen molar-refractivity contribution >= 4 is 11.9 Å². The molecule has 0 bridgehead atoms. The molecule has 0 spiro atoms. The smallest absolute Gasteiger partial charge is 0.189 e. The Bertz CT molecular complexity index is 764. The van der Waals surface area contributed by atoms with E-state index < -0.39 is 0 Å². The molecule has 2 rings (SSSR count). The molecule has 0 amide bonds. The van der Waals surface area contributed by atoms with Crippen LogP contribution < -0.4 is 4.74 Å². The topological polar surface area (TPSA) is 46.5 Å². The van der Waals surface area contributed by atoms with Crippen molar-refractivity contribution in [2.75, 3.05) is 6.61 Å². The molecular formula is C21H22O3. The Morgan fingerprint density at radius 2 is 1.83 bits per heavy atom. The van der Waals surface area contributed by atoms with Crippen LogP contribution in [0.15, 0.2) is 60.2 Å². The van der Waals surface area contributed by atoms with Crippen molar-refractivity contribution in [2.45, 2.75) is 20.8 Å². The van der Waals surface area contributed by atoms with Gasteiger partial charge < -0.3 is 9.84 Å². The van der Waals surface area contributed by atoms with E-state index in [0.29, 0.717) is 12.4 Å². The molecule has 0 fully saturated rings. The summed E-state index contributed by atoms with van der Waals surface area (Å²) in [6, 6.07) is 12.6. The maximum absolute atomic E-state index is 12.2. The second kappa shape index (κ2) is 8.16. The molecule has 0 aromatic heterocycles. The van der Waals surface area contributed by atoms with Gasteiger partial charge in [-0.15, -0.1) is 0 Å². The van der Waals surface area contributed by atoms with Gasteiger partial charge in [0.15, 0.2) is 5.78 Å². The molecule has 0 heterocycles. The van der Waals surface area contributed by atoms with E-state index in [9.17, 15) is 9.90 Å². The highest BCUT2D eigenvalue weighted by molar-refractivity contribution is 6.08. The Morgan fingerprint density at radius 3 is 2.46 bits per heavy atom. The van der Waals surface area contributed by atoms with E-state index in [2.05, 4.69) is 0 Å². The lowest BCUT2D eigenvalue weighted by Crippen LogP contribution is -1.98. The van der Waals surface area contributed by atoms with E-state index in [0.717, 1.165) is 11.1 Å². The Morgan fingerprint density at radius 1 is 1.12 bits per heavy atom. The van der Waals surface area contributed by atoms with E-state index in [4.69, 9.17) is 4.74 Å². The maximum Gasteiger partial charge on any atom is 0.189 e. The summed E-state index contributed by atoms with van der Waals surface area (Å²) in [5.74, 6) is 0.205. The van der Waals surface area contributed by atoms with Gasteiger partial charge in [-0.3, -0.25) is 4.79 Å². The second-order valence-electron chi connectivity index (χ2n) is 5.88. The Labute approximate surface area is 142 Å². The lowest BCUT2D eigenvalue weighted by Gasteiger charge is -2.06. The van der Waals surface area contributed by atoms with Crippen molar-refractivity contribution in [2.24, 2.45) is 0 Å². The molecule has 1 N–H and O–H groups in total. The highest BCUT2D eigenvalue weighted by Gasteiger charge is 2.09. The summed E-state index contributed by atoms with van der Waals surface area (Å²) in [5, 5.41) is 10.1. The zero-order valence-corrected chi connectivity index (χ0v) is 14.2. The lowest BCUT2D eigenvalue weighted by molar-refractivity contribution is 0.104. The molecular weight excluding hydrogens is 300 g/mol. The van der Waals surface area contributed by atoms with Gasteiger partial charge in [-0.2, -0.15) is 0 Å². The van der Waals surface area contributed by atoms with Gasteiger partial charge in [0.05, 0.1) is 5.56 Å². The first-order chi connectivity index (χ1) is 11.5. The first-order valence-electron chi connectivity index (χ1n) is 7.84. The van der Waals surface area contributed by atoms with E-state index in [1.165, 1.54) is 17.7 Å². The minimum Gasteiger partial charge on any atom is -0.507 e. The van der Waals surface area contributed by atoms with Crippen LogP contribution in [0.2, 0.25) is 0 Å². The van der Waals surface area contributed by atoms with E-state index >= 15 is 0 Å². The summed E-state index contributed by atoms with van der Waals surface area (Å²) >= 11 is 0. The maximum atomic E-state index is 12.2. The van der Waals surface area contributed by atoms with E-state index in [-0.39, 0.29) is 17.1 Å². The van der Waals surface area contributed by atoms with Gasteiger partial charge in [-0.1, -0.05) is 41.5 Å². The average molecular weight is 322 g/mol. The number of benzene rings is 2. The van der Waals surface area contributed by atoms with Gasteiger partial charge in [0, 0.05) is 6.07 Å². The van der Waals surface area contributed by atoms with Crippen molar-refractivity contribution in [3.8, 4) is 11.5 Å². The molecule has 0 unspecified atom stereocenters. The number of aromatic hydroxyl groups is 1. The molecule has 0 atom stereocenters. The predicted molar refractivity (Wildman–Crippen MR) is 97.6 cm³/mol. The quantitative estimate of drug-likeness (QED) is 0.465. The summed E-state index contributed by atoms with van der Waals surface area (Å²) in [5.41, 5.74) is 3.52. The van der Waals surface area contributed by atoms with Crippen LogP contribution in [0.4, 0.5) is 0 Å². The van der Waals surface area contributed by atoms with Crippen LogP contribution in [0, 0.1) is 6.92 Å². The number of ether oxygens (including phenoxy) is 1. The van der Waals surface area contributed by atoms with E-state index in [1.807, 2.05) is 51.1 Å². The molecule has 2 aromatic carbocycles. The number of carbonyl (C=O) groups is 1. The van der Waals surface area contributed by atoms with Crippen molar-refractivity contribution in [3.63, 3.8) is 0 Å². The number of allylic oxidation sites excluding steroid dienone is 2. The Hall–Kier alpha value is -2.81. The zero-order chi connectivity index (χ0) is 17.5. The second-order valence-corrected chi connectivity index (χ2v) is 5.88. The Balaban J connectivity index is 2.06. The average Bonchev–Trinajstić information content (AvgIpc) is 2.54. The summed E-state index contributed by atoms with van der Waals surface area (Å²) in [7, 11) is 0. The molecule has 0 saturated heterocycles. The molecule has 0 aliphatic heterocycles. The number of phenolic OH excluding ortho intramolecular Hbond substituents is 1. The normalized spacial score (nSPS) is 10.6. The van der Waals surface area contributed by atoms with Gasteiger partial charge in [0.25, 0.3) is 0 Å². The summed E-state index contributed by atoms with van der Waals surface area (Å²) < 4.78 is 5.51. The molecule has 0 aliphatic carbocycles. The highest BCUT2D eigenvalue weighted by Crippen LogP contribution is 2.24. The summed E-state index contributed by atoms with van der Waals surface area (Å²) in [6.45, 7) is 6.42. The van der Waals surface area contributed by atoms with Crippen LogP contribution in [-0.2, 0) is 0 Å². The third kappa shape index (κ3) is 5.13. The Kier molecular flexibility index (Phi) is 5.96. The van der Waals surface area contributed by atoms with Crippen LogP contribution >= 0.6 is 0 Å². The standard InChI is InChI=1S/C21H22O3/c1-15(2)12-13-24-18-9-10-19(21(23)14-18)20(22)11-8-17-6-4-16(3)5-7-17/h4-12,14,23H,13H2,1-3H3. The molecule has 124 valence electrons.